The highest BCUT2D eigenvalue weighted by molar-refractivity contribution is 7.99. The average molecular weight is 393 g/mol. The molecule has 1 aliphatic heterocycles. The molecule has 2 atom stereocenters. The Balaban J connectivity index is 2.00. The summed E-state index contributed by atoms with van der Waals surface area (Å²) in [7, 11) is 0. The van der Waals surface area contributed by atoms with Gasteiger partial charge in [-0.05, 0) is 19.1 Å². The zero-order valence-corrected chi connectivity index (χ0v) is 15.7. The van der Waals surface area contributed by atoms with Gasteiger partial charge in [-0.15, -0.1) is 0 Å². The number of amides is 2. The maximum absolute atomic E-state index is 12.9. The molecule has 1 aromatic rings. The number of carbonyl (C=O) groups is 2. The number of hydrogen-bond donors (Lipinski definition) is 1. The number of nitrogens with one attached hydrogen (secondary N) is 1. The summed E-state index contributed by atoms with van der Waals surface area (Å²) in [5, 5.41) is 2.75. The normalized spacial score (nSPS) is 21.7. The van der Waals surface area contributed by atoms with Crippen molar-refractivity contribution in [3.8, 4) is 0 Å². The summed E-state index contributed by atoms with van der Waals surface area (Å²) in [6.45, 7) is 4.71. The molecule has 1 fully saturated rings. The molecule has 146 valence electrons. The molecule has 1 N–H and O–H groups in total. The Morgan fingerprint density at radius 3 is 2.77 bits per heavy atom. The van der Waals surface area contributed by atoms with Crippen molar-refractivity contribution >= 4 is 23.6 Å². The topological polar surface area (TPSA) is 75.4 Å². The van der Waals surface area contributed by atoms with Crippen molar-refractivity contribution in [1.82, 2.24) is 15.2 Å². The van der Waals surface area contributed by atoms with Crippen LogP contribution in [0.4, 0.5) is 13.2 Å². The lowest BCUT2D eigenvalue weighted by molar-refractivity contribution is -0.141. The molecule has 10 heteroatoms. The van der Waals surface area contributed by atoms with E-state index in [4.69, 9.17) is 4.42 Å². The SMILES string of the molecule is CCC(SC)C(=O)NCC1(C)CCN(C(=O)c2ocnc2C(F)(F)F)C1. The van der Waals surface area contributed by atoms with Crippen LogP contribution in [0.25, 0.3) is 0 Å². The largest absolute Gasteiger partial charge is 0.438 e. The van der Waals surface area contributed by atoms with Crippen LogP contribution in [0.1, 0.15) is 42.9 Å². The molecule has 0 aliphatic carbocycles. The first kappa shape index (κ1) is 20.6. The van der Waals surface area contributed by atoms with Crippen LogP contribution in [0.5, 0.6) is 0 Å². The van der Waals surface area contributed by atoms with Gasteiger partial charge in [-0.3, -0.25) is 9.59 Å². The van der Waals surface area contributed by atoms with E-state index in [1.54, 1.807) is 0 Å². The first-order chi connectivity index (χ1) is 12.1. The number of halogens is 3. The standard InChI is InChI=1S/C16H22F3N3O3S/c1-4-10(26-3)13(23)20-7-15(2)5-6-22(8-15)14(24)11-12(16(17,18)19)21-9-25-11/h9-10H,4-8H2,1-3H3,(H,20,23). The summed E-state index contributed by atoms with van der Waals surface area (Å²) in [6.07, 6.45) is -0.980. The highest BCUT2D eigenvalue weighted by Gasteiger charge is 2.43. The van der Waals surface area contributed by atoms with Crippen molar-refractivity contribution in [2.75, 3.05) is 25.9 Å². The van der Waals surface area contributed by atoms with Gasteiger partial charge in [0.15, 0.2) is 12.1 Å². The van der Waals surface area contributed by atoms with Crippen LogP contribution < -0.4 is 5.32 Å². The first-order valence-corrected chi connectivity index (χ1v) is 9.50. The van der Waals surface area contributed by atoms with E-state index in [2.05, 4.69) is 10.3 Å². The predicted octanol–water partition coefficient (Wildman–Crippen LogP) is 2.80. The predicted molar refractivity (Wildman–Crippen MR) is 90.7 cm³/mol. The van der Waals surface area contributed by atoms with Crippen LogP contribution in [0.2, 0.25) is 0 Å². The number of hydrogen-bond acceptors (Lipinski definition) is 5. The maximum atomic E-state index is 12.9. The van der Waals surface area contributed by atoms with Crippen molar-refractivity contribution < 1.29 is 27.2 Å². The van der Waals surface area contributed by atoms with Gasteiger partial charge in [0, 0.05) is 25.0 Å². The van der Waals surface area contributed by atoms with E-state index in [9.17, 15) is 22.8 Å². The van der Waals surface area contributed by atoms with Crippen molar-refractivity contribution in [3.05, 3.63) is 17.8 Å². The van der Waals surface area contributed by atoms with Crippen molar-refractivity contribution in [1.29, 1.82) is 0 Å². The maximum Gasteiger partial charge on any atom is 0.437 e. The second-order valence-corrected chi connectivity index (χ2v) is 7.71. The minimum Gasteiger partial charge on any atom is -0.438 e. The van der Waals surface area contributed by atoms with E-state index in [1.165, 1.54) is 16.7 Å². The number of carbonyl (C=O) groups excluding carboxylic acids is 2. The molecule has 0 saturated carbocycles. The number of oxazole rings is 1. The molecule has 0 spiro atoms. The molecule has 26 heavy (non-hydrogen) atoms. The monoisotopic (exact) mass is 393 g/mol. The Morgan fingerprint density at radius 2 is 2.19 bits per heavy atom. The lowest BCUT2D eigenvalue weighted by Gasteiger charge is -2.25. The van der Waals surface area contributed by atoms with Crippen molar-refractivity contribution in [2.24, 2.45) is 5.41 Å². The molecule has 6 nitrogen and oxygen atoms in total. The van der Waals surface area contributed by atoms with Crippen molar-refractivity contribution in [3.63, 3.8) is 0 Å². The molecule has 2 rings (SSSR count). The zero-order valence-electron chi connectivity index (χ0n) is 14.9. The van der Waals surface area contributed by atoms with Crippen LogP contribution in [0, 0.1) is 5.41 Å². The molecule has 0 radical (unpaired) electrons. The number of rotatable bonds is 6. The van der Waals surface area contributed by atoms with Gasteiger partial charge in [-0.1, -0.05) is 13.8 Å². The number of thioether (sulfide) groups is 1. The average Bonchev–Trinajstić information content (AvgIpc) is 3.21. The smallest absolute Gasteiger partial charge is 0.437 e. The molecule has 1 aromatic heterocycles. The van der Waals surface area contributed by atoms with Gasteiger partial charge < -0.3 is 14.6 Å². The van der Waals surface area contributed by atoms with Gasteiger partial charge in [0.1, 0.15) is 0 Å². The first-order valence-electron chi connectivity index (χ1n) is 8.22. The van der Waals surface area contributed by atoms with E-state index in [0.29, 0.717) is 32.3 Å². The van der Waals surface area contributed by atoms with Gasteiger partial charge in [0.25, 0.3) is 5.91 Å². The molecule has 1 saturated heterocycles. The molecule has 0 aromatic carbocycles. The zero-order chi connectivity index (χ0) is 19.5. The van der Waals surface area contributed by atoms with E-state index >= 15 is 0 Å². The Kier molecular flexibility index (Phi) is 6.25. The van der Waals surface area contributed by atoms with Gasteiger partial charge in [-0.2, -0.15) is 24.9 Å². The summed E-state index contributed by atoms with van der Waals surface area (Å²) in [6, 6.07) is 0. The molecular formula is C16H22F3N3O3S. The number of nitrogens with zero attached hydrogens (tertiary/aromatic N) is 2. The lowest BCUT2D eigenvalue weighted by Crippen LogP contribution is -2.41. The van der Waals surface area contributed by atoms with Gasteiger partial charge in [0.2, 0.25) is 11.7 Å². The summed E-state index contributed by atoms with van der Waals surface area (Å²) >= 11 is 1.46. The second-order valence-electron chi connectivity index (χ2n) is 6.67. The Hall–Kier alpha value is -1.71. The van der Waals surface area contributed by atoms with E-state index in [-0.39, 0.29) is 17.7 Å². The van der Waals surface area contributed by atoms with Crippen LogP contribution in [0.3, 0.4) is 0 Å². The molecule has 2 heterocycles. The van der Waals surface area contributed by atoms with E-state index < -0.39 is 29.0 Å². The lowest BCUT2D eigenvalue weighted by atomic mass is 9.90. The minimum atomic E-state index is -4.75. The molecule has 2 unspecified atom stereocenters. The van der Waals surface area contributed by atoms with Crippen LogP contribution in [-0.4, -0.2) is 52.8 Å². The highest BCUT2D eigenvalue weighted by atomic mass is 32.2. The molecule has 0 bridgehead atoms. The molecule has 2 amide bonds. The fraction of sp³-hybridized carbons (Fsp3) is 0.688. The quantitative estimate of drug-likeness (QED) is 0.804. The summed E-state index contributed by atoms with van der Waals surface area (Å²) < 4.78 is 43.4. The van der Waals surface area contributed by atoms with Gasteiger partial charge in [-0.25, -0.2) is 4.98 Å². The van der Waals surface area contributed by atoms with E-state index in [1.807, 2.05) is 20.1 Å². The van der Waals surface area contributed by atoms with Gasteiger partial charge in [0.05, 0.1) is 5.25 Å². The van der Waals surface area contributed by atoms with Crippen LogP contribution in [-0.2, 0) is 11.0 Å². The Bertz CT molecular complexity index is 661. The van der Waals surface area contributed by atoms with Crippen LogP contribution >= 0.6 is 11.8 Å². The summed E-state index contributed by atoms with van der Waals surface area (Å²) in [5.74, 6) is -1.69. The molecular weight excluding hydrogens is 371 g/mol. The number of alkyl halides is 3. The summed E-state index contributed by atoms with van der Waals surface area (Å²) in [5.41, 5.74) is -1.71. The third-order valence-electron chi connectivity index (χ3n) is 4.51. The van der Waals surface area contributed by atoms with Gasteiger partial charge >= 0.3 is 6.18 Å². The fourth-order valence-electron chi connectivity index (χ4n) is 2.96. The Labute approximate surface area is 153 Å². The Morgan fingerprint density at radius 1 is 1.50 bits per heavy atom. The summed E-state index contributed by atoms with van der Waals surface area (Å²) in [4.78, 5) is 28.9. The number of likely N-dealkylation sites (tertiary alicyclic amines) is 1. The minimum absolute atomic E-state index is 0.0689. The second kappa shape index (κ2) is 7.89. The highest BCUT2D eigenvalue weighted by Crippen LogP contribution is 2.34. The number of aromatic nitrogens is 1. The fourth-order valence-corrected chi connectivity index (χ4v) is 3.59. The third kappa shape index (κ3) is 4.52. The van der Waals surface area contributed by atoms with Crippen molar-refractivity contribution in [2.45, 2.75) is 38.1 Å². The third-order valence-corrected chi connectivity index (χ3v) is 5.63. The molecule has 1 aliphatic rings. The van der Waals surface area contributed by atoms with Crippen LogP contribution in [0.15, 0.2) is 10.8 Å². The van der Waals surface area contributed by atoms with E-state index in [0.717, 1.165) is 0 Å².